The van der Waals surface area contributed by atoms with Crippen molar-refractivity contribution in [2.24, 2.45) is 0 Å². The van der Waals surface area contributed by atoms with Crippen molar-refractivity contribution in [1.29, 1.82) is 0 Å². The van der Waals surface area contributed by atoms with Crippen molar-refractivity contribution in [1.82, 2.24) is 0 Å². The molecule has 0 radical (unpaired) electrons. The van der Waals surface area contributed by atoms with Crippen molar-refractivity contribution in [3.63, 3.8) is 0 Å². The standard InChI is InChI=1S/C84H80O16/c1-45(2)53-17-25-57(26-18-53)77-61-33-62(70(94-42-86)37-69(61)93-41-85)78(58-27-19-54(20-28-58)46(3)4)64-35-66(74(39-72(64)96-44-88)98-82(90)50(11)12)80(60-31-23-56(24-32-60)48(7)8)68-36-67(75(99-83(91)51(13)14)40-76(68)100-84(92)52(15)16)79(59-29-21-55(22-30-59)47(5)6)65-34-63(77)71(95-43-87)38-73(65)97-81(89)49(9)10/h17-48,77-80H,9,11,13,15H2,1-8,10,12,14,16H3. The summed E-state index contributed by atoms with van der Waals surface area (Å²) < 4.78 is 50.1. The SMILES string of the molecule is C=C(C)C(=O)Oc1cc(OC=O)c2cc1C(c1ccc(C(C)C)cc1)c1cc(c(OC(=O)C(=C)C)cc1OC(=O)C(=C)C)C(c1ccc(C(C)C)cc1)c1cc(c(OC=O)cc1OC(=O)C(=C)C)C(c1ccc(C(C)C)cc1)c1cc(c(OC=O)cc1OC=O)C2c1ccc(C(C)C)cc1. The molecular weight excluding hydrogens is 1260 g/mol. The molecule has 100 heavy (non-hydrogen) atoms. The van der Waals surface area contributed by atoms with Gasteiger partial charge < -0.3 is 37.9 Å². The lowest BCUT2D eigenvalue weighted by molar-refractivity contribution is -0.131. The number of benzene rings is 8. The van der Waals surface area contributed by atoms with E-state index in [-0.39, 0.29) is 162 Å². The maximum atomic E-state index is 14.5. The van der Waals surface area contributed by atoms with E-state index in [2.05, 4.69) is 26.3 Å². The summed E-state index contributed by atoms with van der Waals surface area (Å²) in [7, 11) is 0. The van der Waals surface area contributed by atoms with Crippen molar-refractivity contribution >= 4 is 49.8 Å². The molecule has 8 aromatic carbocycles. The lowest BCUT2D eigenvalue weighted by Gasteiger charge is -2.32. The molecule has 0 fully saturated rings. The third-order valence-corrected chi connectivity index (χ3v) is 17.7. The summed E-state index contributed by atoms with van der Waals surface area (Å²) in [6, 6.07) is 42.7. The van der Waals surface area contributed by atoms with Crippen LogP contribution in [0.3, 0.4) is 0 Å². The summed E-state index contributed by atoms with van der Waals surface area (Å²) in [5.41, 5.74) is 7.17. The Balaban J connectivity index is 1.68. The Kier molecular flexibility index (Phi) is 22.8. The molecule has 16 nitrogen and oxygen atoms in total. The van der Waals surface area contributed by atoms with E-state index in [4.69, 9.17) is 37.9 Å². The van der Waals surface area contributed by atoms with Gasteiger partial charge in [-0.3, -0.25) is 19.2 Å². The lowest BCUT2D eigenvalue weighted by atomic mass is 9.74. The van der Waals surface area contributed by atoms with Crippen molar-refractivity contribution in [3.8, 4) is 46.0 Å². The van der Waals surface area contributed by atoms with Gasteiger partial charge in [0.1, 0.15) is 46.0 Å². The van der Waals surface area contributed by atoms with Gasteiger partial charge in [0.15, 0.2) is 0 Å². The highest BCUT2D eigenvalue weighted by Crippen LogP contribution is 2.55. The highest BCUT2D eigenvalue weighted by molar-refractivity contribution is 5.92. The van der Waals surface area contributed by atoms with Crippen LogP contribution in [0.4, 0.5) is 0 Å². The minimum absolute atomic E-state index is 0.0158. The van der Waals surface area contributed by atoms with Crippen molar-refractivity contribution < 1.29 is 76.3 Å². The van der Waals surface area contributed by atoms with Gasteiger partial charge >= 0.3 is 23.9 Å². The van der Waals surface area contributed by atoms with Gasteiger partial charge in [0.2, 0.25) is 0 Å². The fraction of sp³-hybridized carbons (Fsp3) is 0.238. The van der Waals surface area contributed by atoms with Crippen molar-refractivity contribution in [2.45, 2.75) is 130 Å². The average Bonchev–Trinajstić information content (AvgIpc) is 0.733. The number of hydrogen-bond acceptors (Lipinski definition) is 16. The molecule has 0 N–H and O–H groups in total. The minimum atomic E-state index is -1.26. The average molecular weight is 1350 g/mol. The second-order valence-corrected chi connectivity index (χ2v) is 26.3. The zero-order valence-corrected chi connectivity index (χ0v) is 58.1. The molecule has 16 heteroatoms. The van der Waals surface area contributed by atoms with Crippen molar-refractivity contribution in [2.75, 3.05) is 0 Å². The van der Waals surface area contributed by atoms with Crippen LogP contribution in [0, 0.1) is 0 Å². The molecular formula is C84H80O16. The summed E-state index contributed by atoms with van der Waals surface area (Å²) in [4.78, 5) is 111. The summed E-state index contributed by atoms with van der Waals surface area (Å²) >= 11 is 0. The van der Waals surface area contributed by atoms with Gasteiger partial charge in [0.05, 0.1) is 0 Å². The van der Waals surface area contributed by atoms with Crippen LogP contribution in [0.25, 0.3) is 0 Å². The summed E-state index contributed by atoms with van der Waals surface area (Å²) in [6.45, 7) is 38.7. The van der Waals surface area contributed by atoms with E-state index in [1.807, 2.05) is 152 Å². The first-order valence-corrected chi connectivity index (χ1v) is 32.7. The molecule has 1 aliphatic rings. The van der Waals surface area contributed by atoms with Crippen LogP contribution in [0.15, 0.2) is 194 Å². The van der Waals surface area contributed by atoms with Crippen LogP contribution >= 0.6 is 0 Å². The van der Waals surface area contributed by atoms with Gasteiger partial charge in [-0.05, 0) is 120 Å². The van der Waals surface area contributed by atoms with Gasteiger partial charge in [0.25, 0.3) is 25.9 Å². The molecule has 4 unspecified atom stereocenters. The number of carbonyl (C=O) groups is 8. The zero-order chi connectivity index (χ0) is 72.5. The Morgan fingerprint density at radius 1 is 0.280 bits per heavy atom. The summed E-state index contributed by atoms with van der Waals surface area (Å²) in [5.74, 6) is -9.70. The maximum Gasteiger partial charge on any atom is 0.338 e. The Labute approximate surface area is 582 Å². The second-order valence-electron chi connectivity index (χ2n) is 26.3. The van der Waals surface area contributed by atoms with Crippen LogP contribution in [0.1, 0.15) is 219 Å². The van der Waals surface area contributed by atoms with Crippen molar-refractivity contribution in [3.05, 3.63) is 283 Å². The molecule has 8 aromatic rings. The van der Waals surface area contributed by atoms with E-state index >= 15 is 0 Å². The lowest BCUT2D eigenvalue weighted by Crippen LogP contribution is -2.20. The number of esters is 4. The second kappa shape index (κ2) is 31.3. The molecule has 8 bridgehead atoms. The maximum absolute atomic E-state index is 14.5. The van der Waals surface area contributed by atoms with E-state index in [1.54, 1.807) is 24.3 Å². The highest BCUT2D eigenvalue weighted by Gasteiger charge is 2.39. The highest BCUT2D eigenvalue weighted by atomic mass is 16.6. The van der Waals surface area contributed by atoms with E-state index in [1.165, 1.54) is 52.0 Å². The largest absolute Gasteiger partial charge is 0.428 e. The normalized spacial score (nSPS) is 14.6. The fourth-order valence-electron chi connectivity index (χ4n) is 12.3. The number of ether oxygens (including phenoxy) is 8. The topological polar surface area (TPSA) is 210 Å². The van der Waals surface area contributed by atoms with Crippen LogP contribution in [0.5, 0.6) is 46.0 Å². The molecule has 0 spiro atoms. The fourth-order valence-corrected chi connectivity index (χ4v) is 12.3. The first kappa shape index (κ1) is 72.7. The predicted molar refractivity (Wildman–Crippen MR) is 380 cm³/mol. The van der Waals surface area contributed by atoms with Gasteiger partial charge in [0, 0.05) is 115 Å². The molecule has 0 saturated heterocycles. The molecule has 0 saturated carbocycles. The Bertz CT molecular complexity index is 4270. The third-order valence-electron chi connectivity index (χ3n) is 17.7. The zero-order valence-electron chi connectivity index (χ0n) is 58.1. The molecule has 512 valence electrons. The molecule has 0 aromatic heterocycles. The van der Waals surface area contributed by atoms with Gasteiger partial charge in [-0.1, -0.05) is 179 Å². The van der Waals surface area contributed by atoms with E-state index in [0.717, 1.165) is 22.3 Å². The summed E-state index contributed by atoms with van der Waals surface area (Å²) in [6.07, 6.45) is 0. The summed E-state index contributed by atoms with van der Waals surface area (Å²) in [5, 5.41) is 0. The first-order valence-electron chi connectivity index (χ1n) is 32.7. The molecule has 9 rings (SSSR count). The third kappa shape index (κ3) is 15.7. The molecule has 0 aliphatic heterocycles. The molecule has 0 amide bonds. The smallest absolute Gasteiger partial charge is 0.338 e. The number of carbonyl (C=O) groups excluding carboxylic acids is 8. The number of rotatable bonds is 24. The molecule has 4 atom stereocenters. The predicted octanol–water partition coefficient (Wildman–Crippen LogP) is 17.3. The Morgan fingerprint density at radius 3 is 0.600 bits per heavy atom. The van der Waals surface area contributed by atoms with E-state index < -0.39 is 47.5 Å². The number of fused-ring (bicyclic) bond motifs is 8. The van der Waals surface area contributed by atoms with Gasteiger partial charge in [-0.25, -0.2) is 19.2 Å². The monoisotopic (exact) mass is 1340 g/mol. The van der Waals surface area contributed by atoms with Crippen LogP contribution in [0.2, 0.25) is 0 Å². The van der Waals surface area contributed by atoms with E-state index in [9.17, 15) is 38.4 Å². The van der Waals surface area contributed by atoms with Crippen LogP contribution in [-0.4, -0.2) is 49.8 Å². The van der Waals surface area contributed by atoms with Crippen LogP contribution in [-0.2, 0) is 38.4 Å². The number of hydrogen-bond donors (Lipinski definition) is 0. The Hall–Kier alpha value is -11.5. The van der Waals surface area contributed by atoms with Crippen LogP contribution < -0.4 is 37.9 Å². The minimum Gasteiger partial charge on any atom is -0.428 e. The van der Waals surface area contributed by atoms with Gasteiger partial charge in [-0.15, -0.1) is 0 Å². The first-order chi connectivity index (χ1) is 47.7. The van der Waals surface area contributed by atoms with E-state index in [0.29, 0.717) is 22.3 Å². The Morgan fingerprint density at radius 2 is 0.440 bits per heavy atom. The van der Waals surface area contributed by atoms with Gasteiger partial charge in [-0.2, -0.15) is 0 Å². The molecule has 0 heterocycles. The quantitative estimate of drug-likeness (QED) is 0.0238. The molecule has 1 aliphatic carbocycles.